The Morgan fingerprint density at radius 3 is 2.10 bits per heavy atom. The number of halogens is 1. The molecular formula is C25H26FN3O2. The highest BCUT2D eigenvalue weighted by atomic mass is 19.1. The summed E-state index contributed by atoms with van der Waals surface area (Å²) in [6, 6.07) is 21.0. The van der Waals surface area contributed by atoms with Crippen LogP contribution in [-0.4, -0.2) is 18.4 Å². The van der Waals surface area contributed by atoms with Gasteiger partial charge in [0.15, 0.2) is 0 Å². The highest BCUT2D eigenvalue weighted by Gasteiger charge is 2.16. The number of aryl methyl sites for hydroxylation is 1. The summed E-state index contributed by atoms with van der Waals surface area (Å²) in [4.78, 5) is 23.6. The van der Waals surface area contributed by atoms with Crippen molar-refractivity contribution in [3.05, 3.63) is 95.3 Å². The predicted molar refractivity (Wildman–Crippen MR) is 121 cm³/mol. The first-order valence-electron chi connectivity index (χ1n) is 10.2. The van der Waals surface area contributed by atoms with Crippen LogP contribution in [0, 0.1) is 5.82 Å². The van der Waals surface area contributed by atoms with E-state index >= 15 is 0 Å². The molecule has 0 aliphatic carbocycles. The molecule has 0 bridgehead atoms. The van der Waals surface area contributed by atoms with Crippen LogP contribution in [0.2, 0.25) is 0 Å². The van der Waals surface area contributed by atoms with E-state index in [1.54, 1.807) is 30.3 Å². The summed E-state index contributed by atoms with van der Waals surface area (Å²) >= 11 is 0. The van der Waals surface area contributed by atoms with Gasteiger partial charge in [-0.15, -0.1) is 0 Å². The molecule has 0 saturated carbocycles. The van der Waals surface area contributed by atoms with Crippen LogP contribution >= 0.6 is 0 Å². The molecule has 0 saturated heterocycles. The standard InChI is InChI=1S/C25H26FN3O2/c1-3-18-7-9-19(10-8-18)25(20-5-4-6-21(26)15-20)27-16-24(31)29-23-13-11-22(12-14-23)28-17(2)30/h4-15,25,27H,3,16H2,1-2H3,(H,28,30)(H,29,31)/t25-/m1/s1. The first kappa shape index (κ1) is 22.2. The van der Waals surface area contributed by atoms with Gasteiger partial charge in [-0.05, 0) is 59.5 Å². The third kappa shape index (κ3) is 6.49. The van der Waals surface area contributed by atoms with Gasteiger partial charge in [0.1, 0.15) is 5.82 Å². The molecule has 2 amide bonds. The Bertz CT molecular complexity index is 1030. The molecule has 3 aromatic rings. The van der Waals surface area contributed by atoms with Gasteiger partial charge in [-0.3, -0.25) is 14.9 Å². The quantitative estimate of drug-likeness (QED) is 0.497. The molecule has 0 fully saturated rings. The van der Waals surface area contributed by atoms with Crippen molar-refractivity contribution < 1.29 is 14.0 Å². The fraction of sp³-hybridized carbons (Fsp3) is 0.200. The minimum atomic E-state index is -0.325. The van der Waals surface area contributed by atoms with Crippen LogP contribution in [0.5, 0.6) is 0 Å². The molecule has 3 aromatic carbocycles. The van der Waals surface area contributed by atoms with Crippen molar-refractivity contribution in [1.82, 2.24) is 5.32 Å². The van der Waals surface area contributed by atoms with E-state index in [9.17, 15) is 14.0 Å². The second-order valence-corrected chi connectivity index (χ2v) is 7.27. The lowest BCUT2D eigenvalue weighted by molar-refractivity contribution is -0.115. The van der Waals surface area contributed by atoms with E-state index in [-0.39, 0.29) is 30.2 Å². The van der Waals surface area contributed by atoms with Crippen molar-refractivity contribution in [2.45, 2.75) is 26.3 Å². The molecule has 3 N–H and O–H groups in total. The second kappa shape index (κ2) is 10.5. The average Bonchev–Trinajstić information content (AvgIpc) is 2.75. The van der Waals surface area contributed by atoms with Gasteiger partial charge < -0.3 is 10.6 Å². The monoisotopic (exact) mass is 419 g/mol. The number of hydrogen-bond acceptors (Lipinski definition) is 3. The van der Waals surface area contributed by atoms with Gasteiger partial charge in [-0.2, -0.15) is 0 Å². The highest BCUT2D eigenvalue weighted by molar-refractivity contribution is 5.93. The summed E-state index contributed by atoms with van der Waals surface area (Å²) in [6.07, 6.45) is 0.932. The van der Waals surface area contributed by atoms with Gasteiger partial charge >= 0.3 is 0 Å². The number of anilines is 2. The maximum atomic E-state index is 13.8. The van der Waals surface area contributed by atoms with Gasteiger partial charge in [-0.1, -0.05) is 43.3 Å². The largest absolute Gasteiger partial charge is 0.326 e. The zero-order valence-corrected chi connectivity index (χ0v) is 17.6. The van der Waals surface area contributed by atoms with Crippen LogP contribution in [0.3, 0.4) is 0 Å². The second-order valence-electron chi connectivity index (χ2n) is 7.27. The van der Waals surface area contributed by atoms with Crippen LogP contribution in [0.25, 0.3) is 0 Å². The molecule has 0 aliphatic heterocycles. The number of carbonyl (C=O) groups is 2. The minimum absolute atomic E-state index is 0.0458. The molecule has 5 nitrogen and oxygen atoms in total. The normalized spacial score (nSPS) is 11.6. The zero-order chi connectivity index (χ0) is 22.2. The molecule has 160 valence electrons. The maximum absolute atomic E-state index is 13.8. The summed E-state index contributed by atoms with van der Waals surface area (Å²) < 4.78 is 13.8. The van der Waals surface area contributed by atoms with Crippen molar-refractivity contribution >= 4 is 23.2 Å². The number of benzene rings is 3. The zero-order valence-electron chi connectivity index (χ0n) is 17.6. The summed E-state index contributed by atoms with van der Waals surface area (Å²) in [6.45, 7) is 3.57. The smallest absolute Gasteiger partial charge is 0.238 e. The first-order chi connectivity index (χ1) is 14.9. The lowest BCUT2D eigenvalue weighted by atomic mass is 9.97. The van der Waals surface area contributed by atoms with Gasteiger partial charge in [0.05, 0.1) is 12.6 Å². The number of hydrogen-bond donors (Lipinski definition) is 3. The number of nitrogens with one attached hydrogen (secondary N) is 3. The molecule has 0 radical (unpaired) electrons. The van der Waals surface area contributed by atoms with Crippen molar-refractivity contribution in [3.8, 4) is 0 Å². The van der Waals surface area contributed by atoms with E-state index in [4.69, 9.17) is 0 Å². The Hall–Kier alpha value is -3.51. The van der Waals surface area contributed by atoms with Crippen molar-refractivity contribution in [1.29, 1.82) is 0 Å². The van der Waals surface area contributed by atoms with Gasteiger partial charge in [0.25, 0.3) is 0 Å². The average molecular weight is 420 g/mol. The Kier molecular flexibility index (Phi) is 7.51. The van der Waals surface area contributed by atoms with E-state index in [0.717, 1.165) is 17.5 Å². The van der Waals surface area contributed by atoms with Crippen LogP contribution in [-0.2, 0) is 16.0 Å². The van der Waals surface area contributed by atoms with Crippen LogP contribution in [0.15, 0.2) is 72.8 Å². The summed E-state index contributed by atoms with van der Waals surface area (Å²) in [5.41, 5.74) is 4.19. The number of carbonyl (C=O) groups excluding carboxylic acids is 2. The molecule has 3 rings (SSSR count). The first-order valence-corrected chi connectivity index (χ1v) is 10.2. The van der Waals surface area contributed by atoms with E-state index < -0.39 is 0 Å². The molecule has 0 aliphatic rings. The molecule has 6 heteroatoms. The molecular weight excluding hydrogens is 393 g/mol. The molecule has 0 unspecified atom stereocenters. The van der Waals surface area contributed by atoms with Crippen LogP contribution in [0.1, 0.15) is 36.6 Å². The predicted octanol–water partition coefficient (Wildman–Crippen LogP) is 4.66. The van der Waals surface area contributed by atoms with Gasteiger partial charge in [0, 0.05) is 18.3 Å². The SMILES string of the molecule is CCc1ccc([C@@H](NCC(=O)Nc2ccc(NC(C)=O)cc2)c2cccc(F)c2)cc1. The Balaban J connectivity index is 1.69. The lowest BCUT2D eigenvalue weighted by Crippen LogP contribution is -2.32. The van der Waals surface area contributed by atoms with Gasteiger partial charge in [0.2, 0.25) is 11.8 Å². The van der Waals surface area contributed by atoms with E-state index in [2.05, 4.69) is 22.9 Å². The Morgan fingerprint density at radius 2 is 1.52 bits per heavy atom. The van der Waals surface area contributed by atoms with Crippen LogP contribution < -0.4 is 16.0 Å². The maximum Gasteiger partial charge on any atom is 0.238 e. The van der Waals surface area contributed by atoms with Crippen molar-refractivity contribution in [3.63, 3.8) is 0 Å². The minimum Gasteiger partial charge on any atom is -0.326 e. The Labute approximate surface area is 181 Å². The Morgan fingerprint density at radius 1 is 0.871 bits per heavy atom. The van der Waals surface area contributed by atoms with Crippen molar-refractivity contribution in [2.24, 2.45) is 0 Å². The number of amides is 2. The summed E-state index contributed by atoms with van der Waals surface area (Å²) in [5, 5.41) is 8.74. The topological polar surface area (TPSA) is 70.2 Å². The van der Waals surface area contributed by atoms with E-state index in [0.29, 0.717) is 11.4 Å². The van der Waals surface area contributed by atoms with E-state index in [1.165, 1.54) is 24.6 Å². The fourth-order valence-corrected chi connectivity index (χ4v) is 3.30. The lowest BCUT2D eigenvalue weighted by Gasteiger charge is -2.20. The highest BCUT2D eigenvalue weighted by Crippen LogP contribution is 2.23. The van der Waals surface area contributed by atoms with Crippen molar-refractivity contribution in [2.75, 3.05) is 17.2 Å². The third-order valence-corrected chi connectivity index (χ3v) is 4.86. The molecule has 0 aromatic heterocycles. The van der Waals surface area contributed by atoms with Crippen LogP contribution in [0.4, 0.5) is 15.8 Å². The van der Waals surface area contributed by atoms with Gasteiger partial charge in [-0.25, -0.2) is 4.39 Å². The molecule has 31 heavy (non-hydrogen) atoms. The third-order valence-electron chi connectivity index (χ3n) is 4.86. The molecule has 0 spiro atoms. The van der Waals surface area contributed by atoms with E-state index in [1.807, 2.05) is 30.3 Å². The number of rotatable bonds is 8. The fourth-order valence-electron chi connectivity index (χ4n) is 3.30. The summed E-state index contributed by atoms with van der Waals surface area (Å²) in [5.74, 6) is -0.701. The molecule has 0 heterocycles. The summed E-state index contributed by atoms with van der Waals surface area (Å²) in [7, 11) is 0. The molecule has 1 atom stereocenters.